The molecule has 4 aromatic carbocycles. The predicted octanol–water partition coefficient (Wildman–Crippen LogP) is 7.05. The van der Waals surface area contributed by atoms with E-state index in [2.05, 4.69) is 21.2 Å². The Bertz CT molecular complexity index is 1610. The Balaban J connectivity index is 1.56. The van der Waals surface area contributed by atoms with Gasteiger partial charge in [-0.05, 0) is 47.5 Å². The summed E-state index contributed by atoms with van der Waals surface area (Å²) < 4.78 is 54.1. The van der Waals surface area contributed by atoms with Crippen LogP contribution in [0.4, 0.5) is 13.2 Å². The Morgan fingerprint density at radius 2 is 1.64 bits per heavy atom. The van der Waals surface area contributed by atoms with E-state index in [1.807, 2.05) is 54.6 Å². The lowest BCUT2D eigenvalue weighted by Gasteiger charge is -2.31. The fraction of sp³-hybridized carbons (Fsp3) is 0.235. The van der Waals surface area contributed by atoms with Crippen LogP contribution in [0.25, 0.3) is 0 Å². The third-order valence-electron chi connectivity index (χ3n) is 7.30. The predicted molar refractivity (Wildman–Crippen MR) is 164 cm³/mol. The number of nitrogens with zero attached hydrogens (tertiary/aromatic N) is 1. The van der Waals surface area contributed by atoms with Crippen molar-refractivity contribution in [2.45, 2.75) is 37.2 Å². The number of nitrogens with one attached hydrogen (secondary N) is 1. The average Bonchev–Trinajstić information content (AvgIpc) is 3.40. The minimum atomic E-state index is -4.57. The molecule has 0 bridgehead atoms. The Kier molecular flexibility index (Phi) is 9.71. The molecule has 0 saturated heterocycles. The number of aliphatic hydroxyl groups excluding tert-OH is 1. The summed E-state index contributed by atoms with van der Waals surface area (Å²) in [6, 6.07) is 28.8. The second-order valence-electron chi connectivity index (χ2n) is 10.3. The minimum Gasteiger partial charge on any atom is -0.494 e. The second-order valence-corrected chi connectivity index (χ2v) is 11.2. The number of hydrogen-bond acceptors (Lipinski definition) is 5. The van der Waals surface area contributed by atoms with Gasteiger partial charge in [0.1, 0.15) is 5.75 Å². The van der Waals surface area contributed by atoms with Gasteiger partial charge in [0.25, 0.3) is 5.91 Å². The van der Waals surface area contributed by atoms with Gasteiger partial charge < -0.3 is 19.9 Å². The topological polar surface area (TPSA) is 80.2 Å². The molecule has 1 aliphatic rings. The molecule has 5 rings (SSSR count). The number of alkyl halides is 3. The van der Waals surface area contributed by atoms with Crippen molar-refractivity contribution in [3.63, 3.8) is 0 Å². The third kappa shape index (κ3) is 6.97. The van der Waals surface area contributed by atoms with E-state index in [1.54, 1.807) is 24.3 Å². The van der Waals surface area contributed by atoms with Crippen LogP contribution < -0.4 is 10.1 Å². The summed E-state index contributed by atoms with van der Waals surface area (Å²) in [7, 11) is 0. The van der Waals surface area contributed by atoms with Crippen LogP contribution in [0.3, 0.4) is 0 Å². The van der Waals surface area contributed by atoms with Crippen LogP contribution in [0, 0.1) is 0 Å². The first-order valence-corrected chi connectivity index (χ1v) is 14.8. The molecule has 1 amide bonds. The zero-order chi connectivity index (χ0) is 31.2. The van der Waals surface area contributed by atoms with Gasteiger partial charge in [0.2, 0.25) is 5.90 Å². The quantitative estimate of drug-likeness (QED) is 0.168. The molecule has 6 nitrogen and oxygen atoms in total. The van der Waals surface area contributed by atoms with Gasteiger partial charge in [-0.25, -0.2) is 4.99 Å². The molecule has 228 valence electrons. The number of aliphatic hydroxyl groups is 1. The van der Waals surface area contributed by atoms with Gasteiger partial charge in [-0.2, -0.15) is 13.2 Å². The molecule has 0 saturated carbocycles. The van der Waals surface area contributed by atoms with E-state index < -0.39 is 29.3 Å². The number of hydrogen-bond donors (Lipinski definition) is 2. The summed E-state index contributed by atoms with van der Waals surface area (Å²) in [4.78, 5) is 19.3. The third-order valence-corrected chi connectivity index (χ3v) is 8.02. The van der Waals surface area contributed by atoms with Crippen LogP contribution in [0.5, 0.6) is 5.75 Å². The van der Waals surface area contributed by atoms with Crippen molar-refractivity contribution in [2.24, 2.45) is 4.99 Å². The monoisotopic (exact) mass is 666 g/mol. The maximum atomic E-state index is 14.3. The van der Waals surface area contributed by atoms with Crippen LogP contribution in [-0.4, -0.2) is 35.7 Å². The smallest absolute Gasteiger partial charge is 0.416 e. The van der Waals surface area contributed by atoms with E-state index in [9.17, 15) is 18.0 Å². The number of benzene rings is 4. The lowest BCUT2D eigenvalue weighted by atomic mass is 9.82. The number of carbonyl (C=O) groups excluding carboxylic acids is 1. The summed E-state index contributed by atoms with van der Waals surface area (Å²) in [5, 5.41) is 11.8. The van der Waals surface area contributed by atoms with Gasteiger partial charge in [-0.1, -0.05) is 82.7 Å². The molecule has 4 aromatic rings. The summed E-state index contributed by atoms with van der Waals surface area (Å²) in [5.41, 5.74) is -0.367. The maximum absolute atomic E-state index is 14.3. The van der Waals surface area contributed by atoms with Gasteiger partial charge in [-0.3, -0.25) is 4.79 Å². The molecular weight excluding hydrogens is 637 g/mol. The summed E-state index contributed by atoms with van der Waals surface area (Å²) in [6.45, 7) is 0.0280. The number of amides is 1. The van der Waals surface area contributed by atoms with Crippen LogP contribution >= 0.6 is 15.9 Å². The molecule has 2 atom stereocenters. The van der Waals surface area contributed by atoms with Crippen molar-refractivity contribution in [3.05, 3.63) is 135 Å². The summed E-state index contributed by atoms with van der Waals surface area (Å²) >= 11 is 3.59. The molecule has 0 radical (unpaired) electrons. The average molecular weight is 668 g/mol. The molecule has 0 aromatic heterocycles. The fourth-order valence-corrected chi connectivity index (χ4v) is 5.63. The van der Waals surface area contributed by atoms with Crippen LogP contribution in [0.2, 0.25) is 0 Å². The molecular formula is C34H30BrF3N2O4. The summed E-state index contributed by atoms with van der Waals surface area (Å²) in [5.74, 6) is 0.243. The minimum absolute atomic E-state index is 0.0204. The Morgan fingerprint density at radius 1 is 0.955 bits per heavy atom. The van der Waals surface area contributed by atoms with Crippen molar-refractivity contribution >= 4 is 27.7 Å². The highest BCUT2D eigenvalue weighted by molar-refractivity contribution is 9.10. The Hall–Kier alpha value is -4.15. The van der Waals surface area contributed by atoms with Gasteiger partial charge in [0, 0.05) is 41.6 Å². The number of ether oxygens (including phenoxy) is 2. The summed E-state index contributed by atoms with van der Waals surface area (Å²) in [6.07, 6.45) is -4.86. The number of aliphatic imine (C=N–C) groups is 1. The van der Waals surface area contributed by atoms with Crippen LogP contribution in [0.1, 0.15) is 40.3 Å². The normalized spacial score (nSPS) is 17.9. The van der Waals surface area contributed by atoms with E-state index >= 15 is 0 Å². The first-order chi connectivity index (χ1) is 21.2. The number of halogens is 4. The van der Waals surface area contributed by atoms with E-state index in [1.165, 1.54) is 18.2 Å². The van der Waals surface area contributed by atoms with Crippen molar-refractivity contribution < 1.29 is 32.5 Å². The largest absolute Gasteiger partial charge is 0.494 e. The van der Waals surface area contributed by atoms with Gasteiger partial charge >= 0.3 is 6.18 Å². The van der Waals surface area contributed by atoms with Gasteiger partial charge in [-0.15, -0.1) is 0 Å². The lowest BCUT2D eigenvalue weighted by molar-refractivity contribution is -0.138. The van der Waals surface area contributed by atoms with Crippen molar-refractivity contribution in [3.8, 4) is 5.75 Å². The zero-order valence-corrected chi connectivity index (χ0v) is 25.1. The van der Waals surface area contributed by atoms with Gasteiger partial charge in [0.05, 0.1) is 12.2 Å². The lowest BCUT2D eigenvalue weighted by Crippen LogP contribution is -2.49. The highest BCUT2D eigenvalue weighted by Gasteiger charge is 2.53. The number of rotatable bonds is 11. The highest BCUT2D eigenvalue weighted by Crippen LogP contribution is 2.44. The molecule has 0 fully saturated rings. The molecule has 2 N–H and O–H groups in total. The maximum Gasteiger partial charge on any atom is 0.416 e. The molecule has 10 heteroatoms. The standard InChI is InChI=1S/C34H30BrF3N2O4/c35-29-14-7-5-12-27(29)30-33(21-23-9-2-1-3-10-23,32(42)39-22-25-11-4-6-13-28(25)34(36,37)38)40-31(44-30)24-15-17-26(18-16-24)43-20-8-19-41/h1-7,9-18,30,41H,8,19-22H2,(H,39,42)/t30-,33-/m1/s1. The van der Waals surface area contributed by atoms with E-state index in [4.69, 9.17) is 19.6 Å². The first-order valence-electron chi connectivity index (χ1n) is 14.0. The fourth-order valence-electron chi connectivity index (χ4n) is 5.13. The second kappa shape index (κ2) is 13.7. The molecule has 44 heavy (non-hydrogen) atoms. The first kappa shape index (κ1) is 31.3. The molecule has 1 aliphatic heterocycles. The Morgan fingerprint density at radius 3 is 2.34 bits per heavy atom. The highest BCUT2D eigenvalue weighted by atomic mass is 79.9. The Labute approximate surface area is 261 Å². The van der Waals surface area contributed by atoms with E-state index in [-0.39, 0.29) is 31.0 Å². The van der Waals surface area contributed by atoms with E-state index in [0.717, 1.165) is 11.6 Å². The van der Waals surface area contributed by atoms with Crippen molar-refractivity contribution in [1.82, 2.24) is 5.32 Å². The van der Waals surface area contributed by atoms with Crippen LogP contribution in [-0.2, 0) is 28.7 Å². The molecule has 1 heterocycles. The van der Waals surface area contributed by atoms with E-state index in [0.29, 0.717) is 34.4 Å². The van der Waals surface area contributed by atoms with Gasteiger partial charge in [0.15, 0.2) is 11.6 Å². The van der Waals surface area contributed by atoms with Crippen LogP contribution in [0.15, 0.2) is 113 Å². The zero-order valence-electron chi connectivity index (χ0n) is 23.6. The molecule has 0 aliphatic carbocycles. The SMILES string of the molecule is O=C(NCc1ccccc1C(F)(F)F)[C@]1(Cc2ccccc2)N=C(c2ccc(OCCCO)cc2)O[C@@H]1c1ccccc1Br. The van der Waals surface area contributed by atoms with Crippen molar-refractivity contribution in [1.29, 1.82) is 0 Å². The molecule has 0 spiro atoms. The molecule has 0 unspecified atom stereocenters. The van der Waals surface area contributed by atoms with Crippen molar-refractivity contribution in [2.75, 3.05) is 13.2 Å². The number of carbonyl (C=O) groups is 1.